The predicted molar refractivity (Wildman–Crippen MR) is 77.5 cm³/mol. The van der Waals surface area contributed by atoms with Gasteiger partial charge < -0.3 is 10.2 Å². The molecule has 104 valence electrons. The summed E-state index contributed by atoms with van der Waals surface area (Å²) in [5, 5.41) is 3.43. The highest BCUT2D eigenvalue weighted by Crippen LogP contribution is 2.22. The van der Waals surface area contributed by atoms with Crippen LogP contribution in [0, 0.1) is 0 Å². The van der Waals surface area contributed by atoms with E-state index in [-0.39, 0.29) is 0 Å². The molecule has 0 atom stereocenters. The van der Waals surface area contributed by atoms with Crippen molar-refractivity contribution in [3.05, 3.63) is 17.0 Å². The standard InChI is InChI=1S/C15H24N4/c1-2-13-12-7-8-16-11-14(12)18-15(17-13)19-9-5-3-4-6-10-19/h16H,2-11H2,1H3. The van der Waals surface area contributed by atoms with Gasteiger partial charge in [-0.1, -0.05) is 19.8 Å². The van der Waals surface area contributed by atoms with Crippen LogP contribution in [0.1, 0.15) is 49.6 Å². The molecule has 0 aromatic carbocycles. The van der Waals surface area contributed by atoms with Crippen LogP contribution in [0.4, 0.5) is 5.95 Å². The Kier molecular flexibility index (Phi) is 3.97. The number of fused-ring (bicyclic) bond motifs is 1. The minimum atomic E-state index is 0.908. The smallest absolute Gasteiger partial charge is 0.225 e. The first-order chi connectivity index (χ1) is 9.38. The Labute approximate surface area is 115 Å². The summed E-state index contributed by atoms with van der Waals surface area (Å²) in [6.45, 7) is 6.42. The zero-order chi connectivity index (χ0) is 13.1. The molecule has 0 amide bonds. The molecule has 0 radical (unpaired) electrons. The number of aromatic nitrogens is 2. The SMILES string of the molecule is CCc1nc(N2CCCCCC2)nc2c1CCNC2. The second-order valence-electron chi connectivity index (χ2n) is 5.58. The van der Waals surface area contributed by atoms with Crippen LogP contribution in [0.5, 0.6) is 0 Å². The largest absolute Gasteiger partial charge is 0.341 e. The molecule has 4 nitrogen and oxygen atoms in total. The van der Waals surface area contributed by atoms with E-state index < -0.39 is 0 Å². The van der Waals surface area contributed by atoms with E-state index >= 15 is 0 Å². The van der Waals surface area contributed by atoms with Crippen LogP contribution < -0.4 is 10.2 Å². The molecule has 0 aliphatic carbocycles. The van der Waals surface area contributed by atoms with Crippen molar-refractivity contribution >= 4 is 5.95 Å². The molecule has 2 aliphatic rings. The molecule has 1 saturated heterocycles. The van der Waals surface area contributed by atoms with Crippen molar-refractivity contribution in [2.24, 2.45) is 0 Å². The van der Waals surface area contributed by atoms with Gasteiger partial charge in [0, 0.05) is 25.3 Å². The lowest BCUT2D eigenvalue weighted by Gasteiger charge is -2.25. The minimum Gasteiger partial charge on any atom is -0.341 e. The van der Waals surface area contributed by atoms with Crippen molar-refractivity contribution in [3.8, 4) is 0 Å². The summed E-state index contributed by atoms with van der Waals surface area (Å²) in [4.78, 5) is 12.1. The van der Waals surface area contributed by atoms with E-state index in [4.69, 9.17) is 9.97 Å². The Hall–Kier alpha value is -1.16. The van der Waals surface area contributed by atoms with E-state index in [2.05, 4.69) is 17.1 Å². The van der Waals surface area contributed by atoms with Crippen LogP contribution in [0.25, 0.3) is 0 Å². The number of nitrogens with one attached hydrogen (secondary N) is 1. The maximum Gasteiger partial charge on any atom is 0.225 e. The second-order valence-corrected chi connectivity index (χ2v) is 5.58. The van der Waals surface area contributed by atoms with Crippen molar-refractivity contribution in [1.82, 2.24) is 15.3 Å². The van der Waals surface area contributed by atoms with E-state index in [1.807, 2.05) is 0 Å². The first kappa shape index (κ1) is 12.9. The molecule has 4 heteroatoms. The average Bonchev–Trinajstić information content (AvgIpc) is 2.75. The van der Waals surface area contributed by atoms with Gasteiger partial charge in [0.15, 0.2) is 0 Å². The summed E-state index contributed by atoms with van der Waals surface area (Å²) >= 11 is 0. The summed E-state index contributed by atoms with van der Waals surface area (Å²) in [6, 6.07) is 0. The molecule has 3 rings (SSSR count). The molecular formula is C15H24N4. The Bertz CT molecular complexity index is 419. The fourth-order valence-corrected chi connectivity index (χ4v) is 3.13. The van der Waals surface area contributed by atoms with Gasteiger partial charge in [-0.05, 0) is 37.8 Å². The Balaban J connectivity index is 1.92. The lowest BCUT2D eigenvalue weighted by atomic mass is 10.0. The van der Waals surface area contributed by atoms with Crippen LogP contribution in [-0.2, 0) is 19.4 Å². The molecule has 1 aromatic heterocycles. The molecule has 0 saturated carbocycles. The third-order valence-electron chi connectivity index (χ3n) is 4.23. The topological polar surface area (TPSA) is 41.1 Å². The molecular weight excluding hydrogens is 236 g/mol. The maximum absolute atomic E-state index is 4.86. The van der Waals surface area contributed by atoms with Gasteiger partial charge in [-0.25, -0.2) is 9.97 Å². The molecule has 0 spiro atoms. The van der Waals surface area contributed by atoms with Crippen LogP contribution in [0.2, 0.25) is 0 Å². The van der Waals surface area contributed by atoms with E-state index in [0.29, 0.717) is 0 Å². The monoisotopic (exact) mass is 260 g/mol. The molecule has 1 aromatic rings. The van der Waals surface area contributed by atoms with Crippen LogP contribution in [-0.4, -0.2) is 29.6 Å². The van der Waals surface area contributed by atoms with Crippen molar-refractivity contribution in [2.75, 3.05) is 24.5 Å². The van der Waals surface area contributed by atoms with E-state index in [0.717, 1.165) is 45.0 Å². The van der Waals surface area contributed by atoms with Gasteiger partial charge in [0.25, 0.3) is 0 Å². The third-order valence-corrected chi connectivity index (χ3v) is 4.23. The van der Waals surface area contributed by atoms with Crippen LogP contribution >= 0.6 is 0 Å². The molecule has 2 aliphatic heterocycles. The van der Waals surface area contributed by atoms with Crippen molar-refractivity contribution < 1.29 is 0 Å². The number of rotatable bonds is 2. The predicted octanol–water partition coefficient (Wildman–Crippen LogP) is 2.07. The van der Waals surface area contributed by atoms with Gasteiger partial charge >= 0.3 is 0 Å². The summed E-state index contributed by atoms with van der Waals surface area (Å²) in [5.74, 6) is 0.973. The number of anilines is 1. The summed E-state index contributed by atoms with van der Waals surface area (Å²) in [7, 11) is 0. The molecule has 1 fully saturated rings. The maximum atomic E-state index is 4.86. The number of aryl methyl sites for hydroxylation is 1. The average molecular weight is 260 g/mol. The number of hydrogen-bond donors (Lipinski definition) is 1. The first-order valence-corrected chi connectivity index (χ1v) is 7.73. The van der Waals surface area contributed by atoms with Crippen LogP contribution in [0.15, 0.2) is 0 Å². The molecule has 19 heavy (non-hydrogen) atoms. The van der Waals surface area contributed by atoms with Crippen molar-refractivity contribution in [3.63, 3.8) is 0 Å². The second kappa shape index (κ2) is 5.87. The normalized spacial score (nSPS) is 19.9. The molecule has 1 N–H and O–H groups in total. The van der Waals surface area contributed by atoms with Gasteiger partial charge in [0.05, 0.1) is 5.69 Å². The highest BCUT2D eigenvalue weighted by atomic mass is 15.3. The Morgan fingerprint density at radius 1 is 1.11 bits per heavy atom. The lowest BCUT2D eigenvalue weighted by molar-refractivity contribution is 0.611. The van der Waals surface area contributed by atoms with Crippen LogP contribution in [0.3, 0.4) is 0 Å². The van der Waals surface area contributed by atoms with Gasteiger partial charge in [-0.15, -0.1) is 0 Å². The zero-order valence-corrected chi connectivity index (χ0v) is 11.9. The van der Waals surface area contributed by atoms with Gasteiger partial charge in [0.2, 0.25) is 5.95 Å². The Morgan fingerprint density at radius 3 is 2.63 bits per heavy atom. The van der Waals surface area contributed by atoms with Crippen molar-refractivity contribution in [1.29, 1.82) is 0 Å². The highest BCUT2D eigenvalue weighted by Gasteiger charge is 2.19. The molecule has 0 unspecified atom stereocenters. The third kappa shape index (κ3) is 2.73. The fraction of sp³-hybridized carbons (Fsp3) is 0.733. The lowest BCUT2D eigenvalue weighted by Crippen LogP contribution is -2.31. The number of nitrogens with zero attached hydrogens (tertiary/aromatic N) is 3. The van der Waals surface area contributed by atoms with E-state index in [1.165, 1.54) is 42.6 Å². The zero-order valence-electron chi connectivity index (χ0n) is 11.9. The molecule has 0 bridgehead atoms. The summed E-state index contributed by atoms with van der Waals surface area (Å²) < 4.78 is 0. The first-order valence-electron chi connectivity index (χ1n) is 7.73. The van der Waals surface area contributed by atoms with E-state index in [9.17, 15) is 0 Å². The summed E-state index contributed by atoms with van der Waals surface area (Å²) in [6.07, 6.45) is 7.36. The van der Waals surface area contributed by atoms with E-state index in [1.54, 1.807) is 0 Å². The van der Waals surface area contributed by atoms with Gasteiger partial charge in [-0.2, -0.15) is 0 Å². The minimum absolute atomic E-state index is 0.908. The number of hydrogen-bond acceptors (Lipinski definition) is 4. The Morgan fingerprint density at radius 2 is 1.89 bits per heavy atom. The quantitative estimate of drug-likeness (QED) is 0.884. The molecule has 3 heterocycles. The van der Waals surface area contributed by atoms with Gasteiger partial charge in [0.1, 0.15) is 0 Å². The summed E-state index contributed by atoms with van der Waals surface area (Å²) in [5.41, 5.74) is 3.91. The van der Waals surface area contributed by atoms with Crippen molar-refractivity contribution in [2.45, 2.75) is 52.0 Å². The fourth-order valence-electron chi connectivity index (χ4n) is 3.13. The highest BCUT2D eigenvalue weighted by molar-refractivity contribution is 5.38. The van der Waals surface area contributed by atoms with Gasteiger partial charge in [-0.3, -0.25) is 0 Å².